The summed E-state index contributed by atoms with van der Waals surface area (Å²) in [6.45, 7) is 10.5. The molecule has 0 aromatic heterocycles. The molecule has 0 spiro atoms. The van der Waals surface area contributed by atoms with E-state index in [4.69, 9.17) is 0 Å². The minimum Gasteiger partial charge on any atom is -0.294 e. The molecule has 2 heteroatoms. The highest BCUT2D eigenvalue weighted by atomic mass is 16.1. The van der Waals surface area contributed by atoms with Crippen LogP contribution in [0.3, 0.4) is 0 Å². The molecule has 0 aromatic carbocycles. The maximum absolute atomic E-state index is 11.3. The summed E-state index contributed by atoms with van der Waals surface area (Å²) in [6, 6.07) is 0. The molecule has 0 bridgehead atoms. The number of carbonyl (C=O) groups excluding carboxylic acids is 2. The molecule has 0 heterocycles. The highest BCUT2D eigenvalue weighted by Crippen LogP contribution is 2.12. The molecular formula is C14H22O2. The molecule has 0 radical (unpaired) electrons. The SMILES string of the molecule is CC.C\C=C/C=C(C(C)=O)\C(=C/C)C(C)=O. The van der Waals surface area contributed by atoms with E-state index in [1.54, 1.807) is 25.2 Å². The molecule has 0 fully saturated rings. The summed E-state index contributed by atoms with van der Waals surface area (Å²) in [7, 11) is 0. The van der Waals surface area contributed by atoms with Gasteiger partial charge in [0.1, 0.15) is 0 Å². The lowest BCUT2D eigenvalue weighted by Gasteiger charge is -2.03. The topological polar surface area (TPSA) is 34.1 Å². The Hall–Kier alpha value is -1.44. The van der Waals surface area contributed by atoms with Crippen LogP contribution >= 0.6 is 0 Å². The van der Waals surface area contributed by atoms with Crippen LogP contribution in [0.2, 0.25) is 0 Å². The van der Waals surface area contributed by atoms with E-state index in [1.165, 1.54) is 13.8 Å². The van der Waals surface area contributed by atoms with Gasteiger partial charge in [0.25, 0.3) is 0 Å². The zero-order valence-electron chi connectivity index (χ0n) is 11.1. The van der Waals surface area contributed by atoms with Crippen molar-refractivity contribution in [1.82, 2.24) is 0 Å². The summed E-state index contributed by atoms with van der Waals surface area (Å²) in [6.07, 6.45) is 6.90. The van der Waals surface area contributed by atoms with E-state index < -0.39 is 0 Å². The predicted octanol–water partition coefficient (Wildman–Crippen LogP) is 3.64. The van der Waals surface area contributed by atoms with Gasteiger partial charge in [-0.15, -0.1) is 0 Å². The summed E-state index contributed by atoms with van der Waals surface area (Å²) in [5, 5.41) is 0. The van der Waals surface area contributed by atoms with Gasteiger partial charge in [-0.1, -0.05) is 38.2 Å². The van der Waals surface area contributed by atoms with Crippen LogP contribution in [-0.4, -0.2) is 11.6 Å². The van der Waals surface area contributed by atoms with Crippen LogP contribution in [0.15, 0.2) is 35.5 Å². The number of Topliss-reactive ketones (excluding diaryl/α,β-unsaturated/α-hetero) is 2. The summed E-state index contributed by atoms with van der Waals surface area (Å²) in [4.78, 5) is 22.5. The van der Waals surface area contributed by atoms with Crippen molar-refractivity contribution in [2.24, 2.45) is 0 Å². The number of rotatable bonds is 4. The van der Waals surface area contributed by atoms with Crippen molar-refractivity contribution < 1.29 is 9.59 Å². The van der Waals surface area contributed by atoms with Gasteiger partial charge >= 0.3 is 0 Å². The van der Waals surface area contributed by atoms with Crippen LogP contribution in [0, 0.1) is 0 Å². The molecule has 90 valence electrons. The molecule has 0 aromatic rings. The van der Waals surface area contributed by atoms with Gasteiger partial charge in [-0.3, -0.25) is 9.59 Å². The van der Waals surface area contributed by atoms with Crippen molar-refractivity contribution in [2.75, 3.05) is 0 Å². The maximum Gasteiger partial charge on any atom is 0.160 e. The summed E-state index contributed by atoms with van der Waals surface area (Å²) >= 11 is 0. The smallest absolute Gasteiger partial charge is 0.160 e. The first-order valence-corrected chi connectivity index (χ1v) is 5.56. The molecule has 0 saturated heterocycles. The number of hydrogen-bond acceptors (Lipinski definition) is 2. The highest BCUT2D eigenvalue weighted by Gasteiger charge is 2.12. The largest absolute Gasteiger partial charge is 0.294 e. The van der Waals surface area contributed by atoms with Gasteiger partial charge in [0.15, 0.2) is 11.6 Å². The van der Waals surface area contributed by atoms with E-state index in [-0.39, 0.29) is 11.6 Å². The third-order valence-corrected chi connectivity index (χ3v) is 1.79. The van der Waals surface area contributed by atoms with Gasteiger partial charge in [0.2, 0.25) is 0 Å². The zero-order valence-corrected chi connectivity index (χ0v) is 11.1. The molecular weight excluding hydrogens is 200 g/mol. The fraction of sp³-hybridized carbons (Fsp3) is 0.429. The number of carbonyl (C=O) groups is 2. The highest BCUT2D eigenvalue weighted by molar-refractivity contribution is 6.10. The van der Waals surface area contributed by atoms with Crippen LogP contribution in [0.25, 0.3) is 0 Å². The second-order valence-electron chi connectivity index (χ2n) is 2.92. The lowest BCUT2D eigenvalue weighted by atomic mass is 9.99. The van der Waals surface area contributed by atoms with Crippen molar-refractivity contribution in [3.8, 4) is 0 Å². The van der Waals surface area contributed by atoms with Crippen molar-refractivity contribution in [3.63, 3.8) is 0 Å². The van der Waals surface area contributed by atoms with Crippen molar-refractivity contribution >= 4 is 11.6 Å². The molecule has 0 N–H and O–H groups in total. The van der Waals surface area contributed by atoms with Crippen molar-refractivity contribution in [3.05, 3.63) is 35.5 Å². The van der Waals surface area contributed by atoms with E-state index in [2.05, 4.69) is 0 Å². The Labute approximate surface area is 98.7 Å². The maximum atomic E-state index is 11.3. The fourth-order valence-corrected chi connectivity index (χ4v) is 1.14. The summed E-state index contributed by atoms with van der Waals surface area (Å²) < 4.78 is 0. The Balaban J connectivity index is 0. The van der Waals surface area contributed by atoms with E-state index >= 15 is 0 Å². The first-order chi connectivity index (χ1) is 7.54. The average Bonchev–Trinajstić information content (AvgIpc) is 2.25. The fourth-order valence-electron chi connectivity index (χ4n) is 1.14. The van der Waals surface area contributed by atoms with Crippen molar-refractivity contribution in [2.45, 2.75) is 41.5 Å². The number of ketones is 2. The van der Waals surface area contributed by atoms with Crippen LogP contribution in [-0.2, 0) is 9.59 Å². The Bertz CT molecular complexity index is 318. The van der Waals surface area contributed by atoms with Gasteiger partial charge in [-0.05, 0) is 27.7 Å². The van der Waals surface area contributed by atoms with E-state index in [9.17, 15) is 9.59 Å². The third-order valence-electron chi connectivity index (χ3n) is 1.79. The monoisotopic (exact) mass is 222 g/mol. The van der Waals surface area contributed by atoms with Crippen LogP contribution in [0.5, 0.6) is 0 Å². The molecule has 0 aliphatic rings. The third kappa shape index (κ3) is 6.12. The lowest BCUT2D eigenvalue weighted by Crippen LogP contribution is -2.06. The normalized spacial score (nSPS) is 12.1. The quantitative estimate of drug-likeness (QED) is 0.537. The Kier molecular flexibility index (Phi) is 10.7. The minimum atomic E-state index is -0.0913. The molecule has 0 unspecified atom stereocenters. The van der Waals surface area contributed by atoms with Gasteiger partial charge in [-0.2, -0.15) is 0 Å². The lowest BCUT2D eigenvalue weighted by molar-refractivity contribution is -0.116. The van der Waals surface area contributed by atoms with E-state index in [1.807, 2.05) is 26.8 Å². The standard InChI is InChI=1S/C12H16O2.C2H6/c1-5-7-8-12(10(4)14)11(6-2)9(3)13;1-2/h5-8H,1-4H3;1-2H3/b7-5-,11-6-,12-8-;. The Morgan fingerprint density at radius 1 is 0.875 bits per heavy atom. The molecule has 0 amide bonds. The average molecular weight is 222 g/mol. The number of allylic oxidation sites excluding steroid dienone is 6. The van der Waals surface area contributed by atoms with Crippen molar-refractivity contribution in [1.29, 1.82) is 0 Å². The zero-order chi connectivity index (χ0) is 13.1. The first kappa shape index (κ1) is 17.0. The van der Waals surface area contributed by atoms with Crippen LogP contribution < -0.4 is 0 Å². The van der Waals surface area contributed by atoms with Crippen LogP contribution in [0.1, 0.15) is 41.5 Å². The van der Waals surface area contributed by atoms with E-state index in [0.717, 1.165) is 0 Å². The molecule has 0 aliphatic heterocycles. The second-order valence-corrected chi connectivity index (χ2v) is 2.92. The molecule has 16 heavy (non-hydrogen) atoms. The predicted molar refractivity (Wildman–Crippen MR) is 69.4 cm³/mol. The summed E-state index contributed by atoms with van der Waals surface area (Å²) in [5.74, 6) is -0.176. The van der Waals surface area contributed by atoms with Gasteiger partial charge in [0.05, 0.1) is 0 Å². The molecule has 0 atom stereocenters. The molecule has 0 rings (SSSR count). The molecule has 2 nitrogen and oxygen atoms in total. The number of hydrogen-bond donors (Lipinski definition) is 0. The Morgan fingerprint density at radius 2 is 1.31 bits per heavy atom. The van der Waals surface area contributed by atoms with Gasteiger partial charge in [0, 0.05) is 11.1 Å². The second kappa shape index (κ2) is 10.1. The van der Waals surface area contributed by atoms with Gasteiger partial charge < -0.3 is 0 Å². The Morgan fingerprint density at radius 3 is 1.56 bits per heavy atom. The first-order valence-electron chi connectivity index (χ1n) is 5.56. The summed E-state index contributed by atoms with van der Waals surface area (Å²) in [5.41, 5.74) is 0.953. The van der Waals surface area contributed by atoms with E-state index in [0.29, 0.717) is 11.1 Å². The molecule has 0 saturated carbocycles. The molecule has 0 aliphatic carbocycles. The van der Waals surface area contributed by atoms with Gasteiger partial charge in [-0.25, -0.2) is 0 Å². The van der Waals surface area contributed by atoms with Crippen LogP contribution in [0.4, 0.5) is 0 Å². The minimum absolute atomic E-state index is 0.0848.